The highest BCUT2D eigenvalue weighted by molar-refractivity contribution is 14.0. The van der Waals surface area contributed by atoms with Gasteiger partial charge in [-0.05, 0) is 22.6 Å². The number of nitrogens with zero attached hydrogens (tertiary/aromatic N) is 2. The fraction of sp³-hybridized carbons (Fsp3) is 0.421. The lowest BCUT2D eigenvalue weighted by Gasteiger charge is -2.26. The van der Waals surface area contributed by atoms with Gasteiger partial charge in [0, 0.05) is 38.1 Å². The standard InChI is InChI=1S/C19H26N4OS.HI/c1-20-19(22-14-18-3-2-12-25-18)21-13-16-4-6-17(7-5-16)15-23-8-10-24-11-9-23;/h2-7,12H,8-11,13-15H2,1H3,(H2,20,21,22);1H. The minimum absolute atomic E-state index is 0. The molecular weight excluding hydrogens is 459 g/mol. The highest BCUT2D eigenvalue weighted by Crippen LogP contribution is 2.10. The number of thiophene rings is 1. The van der Waals surface area contributed by atoms with E-state index in [2.05, 4.69) is 62.3 Å². The summed E-state index contributed by atoms with van der Waals surface area (Å²) in [6.45, 7) is 6.31. The average molecular weight is 486 g/mol. The monoisotopic (exact) mass is 486 g/mol. The Morgan fingerprint density at radius 1 is 1.08 bits per heavy atom. The lowest BCUT2D eigenvalue weighted by Crippen LogP contribution is -2.36. The highest BCUT2D eigenvalue weighted by atomic mass is 127. The van der Waals surface area contributed by atoms with Crippen LogP contribution in [0, 0.1) is 0 Å². The molecule has 1 aromatic heterocycles. The molecular formula is C19H27IN4OS. The number of hydrogen-bond acceptors (Lipinski definition) is 4. The van der Waals surface area contributed by atoms with Crippen LogP contribution in [-0.2, 0) is 24.4 Å². The van der Waals surface area contributed by atoms with Crippen molar-refractivity contribution in [3.8, 4) is 0 Å². The topological polar surface area (TPSA) is 48.9 Å². The predicted octanol–water partition coefficient (Wildman–Crippen LogP) is 3.06. The summed E-state index contributed by atoms with van der Waals surface area (Å²) in [7, 11) is 1.80. The Bertz CT molecular complexity index is 655. The lowest BCUT2D eigenvalue weighted by atomic mass is 10.1. The molecule has 0 radical (unpaired) electrons. The van der Waals surface area contributed by atoms with Gasteiger partial charge in [0.2, 0.25) is 0 Å². The Balaban J connectivity index is 0.00000243. The van der Waals surface area contributed by atoms with Crippen LogP contribution in [0.2, 0.25) is 0 Å². The first kappa shape index (κ1) is 21.1. The summed E-state index contributed by atoms with van der Waals surface area (Å²) in [5.41, 5.74) is 2.61. The maximum atomic E-state index is 5.40. The largest absolute Gasteiger partial charge is 0.379 e. The number of nitrogens with one attached hydrogen (secondary N) is 2. The van der Waals surface area contributed by atoms with Crippen LogP contribution in [0.15, 0.2) is 46.8 Å². The van der Waals surface area contributed by atoms with E-state index in [1.165, 1.54) is 16.0 Å². The first-order chi connectivity index (χ1) is 12.3. The molecule has 0 amide bonds. The minimum atomic E-state index is 0. The van der Waals surface area contributed by atoms with Gasteiger partial charge in [0.25, 0.3) is 0 Å². The van der Waals surface area contributed by atoms with Crippen LogP contribution in [-0.4, -0.2) is 44.2 Å². The van der Waals surface area contributed by atoms with Crippen molar-refractivity contribution < 1.29 is 4.74 Å². The molecule has 2 heterocycles. The van der Waals surface area contributed by atoms with E-state index in [4.69, 9.17) is 4.74 Å². The molecule has 0 unspecified atom stereocenters. The fourth-order valence-electron chi connectivity index (χ4n) is 2.77. The predicted molar refractivity (Wildman–Crippen MR) is 119 cm³/mol. The molecule has 0 atom stereocenters. The summed E-state index contributed by atoms with van der Waals surface area (Å²) in [5.74, 6) is 0.825. The molecule has 0 aliphatic carbocycles. The summed E-state index contributed by atoms with van der Waals surface area (Å²) in [6, 6.07) is 13.0. The van der Waals surface area contributed by atoms with Crippen LogP contribution in [0.5, 0.6) is 0 Å². The Kier molecular flexibility index (Phi) is 9.38. The van der Waals surface area contributed by atoms with E-state index in [-0.39, 0.29) is 24.0 Å². The van der Waals surface area contributed by atoms with E-state index in [0.717, 1.165) is 51.9 Å². The van der Waals surface area contributed by atoms with Gasteiger partial charge in [-0.2, -0.15) is 0 Å². The van der Waals surface area contributed by atoms with Crippen molar-refractivity contribution in [1.82, 2.24) is 15.5 Å². The van der Waals surface area contributed by atoms with Gasteiger partial charge in [0.15, 0.2) is 5.96 Å². The fourth-order valence-corrected chi connectivity index (χ4v) is 3.41. The third-order valence-electron chi connectivity index (χ3n) is 4.23. The Hall–Kier alpha value is -1.16. The number of morpholine rings is 1. The van der Waals surface area contributed by atoms with E-state index in [9.17, 15) is 0 Å². The smallest absolute Gasteiger partial charge is 0.191 e. The summed E-state index contributed by atoms with van der Waals surface area (Å²) in [4.78, 5) is 8.02. The molecule has 7 heteroatoms. The van der Waals surface area contributed by atoms with Crippen molar-refractivity contribution in [2.24, 2.45) is 4.99 Å². The third kappa shape index (κ3) is 6.86. The second kappa shape index (κ2) is 11.5. The van der Waals surface area contributed by atoms with Gasteiger partial charge in [-0.1, -0.05) is 30.3 Å². The van der Waals surface area contributed by atoms with Crippen molar-refractivity contribution in [1.29, 1.82) is 0 Å². The highest BCUT2D eigenvalue weighted by Gasteiger charge is 2.10. The van der Waals surface area contributed by atoms with E-state index in [0.29, 0.717) is 0 Å². The number of guanidine groups is 1. The van der Waals surface area contributed by atoms with Gasteiger partial charge in [-0.3, -0.25) is 9.89 Å². The van der Waals surface area contributed by atoms with Crippen LogP contribution >= 0.6 is 35.3 Å². The average Bonchev–Trinajstić information content (AvgIpc) is 3.18. The summed E-state index contributed by atoms with van der Waals surface area (Å²) >= 11 is 1.75. The lowest BCUT2D eigenvalue weighted by molar-refractivity contribution is 0.0342. The van der Waals surface area contributed by atoms with Crippen LogP contribution < -0.4 is 10.6 Å². The molecule has 5 nitrogen and oxygen atoms in total. The zero-order valence-corrected chi connectivity index (χ0v) is 18.3. The maximum absolute atomic E-state index is 5.40. The van der Waals surface area contributed by atoms with E-state index >= 15 is 0 Å². The number of hydrogen-bond donors (Lipinski definition) is 2. The quantitative estimate of drug-likeness (QED) is 0.375. The van der Waals surface area contributed by atoms with E-state index in [1.54, 1.807) is 18.4 Å². The molecule has 1 saturated heterocycles. The Morgan fingerprint density at radius 3 is 2.42 bits per heavy atom. The zero-order chi connectivity index (χ0) is 17.3. The number of rotatable bonds is 6. The minimum Gasteiger partial charge on any atom is -0.379 e. The van der Waals surface area contributed by atoms with Crippen LogP contribution in [0.1, 0.15) is 16.0 Å². The first-order valence-corrected chi connectivity index (χ1v) is 9.56. The number of benzene rings is 1. The molecule has 0 bridgehead atoms. The molecule has 26 heavy (non-hydrogen) atoms. The molecule has 3 rings (SSSR count). The normalized spacial score (nSPS) is 15.3. The Labute approximate surface area is 176 Å². The van der Waals surface area contributed by atoms with Gasteiger partial charge < -0.3 is 15.4 Å². The second-order valence-corrected chi connectivity index (χ2v) is 7.10. The van der Waals surface area contributed by atoms with Gasteiger partial charge >= 0.3 is 0 Å². The molecule has 1 aliphatic heterocycles. The second-order valence-electron chi connectivity index (χ2n) is 6.06. The Morgan fingerprint density at radius 2 is 1.77 bits per heavy atom. The van der Waals surface area contributed by atoms with Gasteiger partial charge in [0.05, 0.1) is 19.8 Å². The molecule has 2 aromatic rings. The molecule has 142 valence electrons. The van der Waals surface area contributed by atoms with Gasteiger partial charge in [0.1, 0.15) is 0 Å². The summed E-state index contributed by atoms with van der Waals surface area (Å²) in [6.07, 6.45) is 0. The van der Waals surface area contributed by atoms with Crippen LogP contribution in [0.3, 0.4) is 0 Å². The third-order valence-corrected chi connectivity index (χ3v) is 5.10. The van der Waals surface area contributed by atoms with E-state index in [1.807, 2.05) is 0 Å². The molecule has 1 fully saturated rings. The zero-order valence-electron chi connectivity index (χ0n) is 15.1. The van der Waals surface area contributed by atoms with Crippen molar-refractivity contribution in [2.45, 2.75) is 19.6 Å². The van der Waals surface area contributed by atoms with Gasteiger partial charge in [-0.25, -0.2) is 0 Å². The molecule has 1 aliphatic rings. The van der Waals surface area contributed by atoms with Crippen molar-refractivity contribution in [3.63, 3.8) is 0 Å². The maximum Gasteiger partial charge on any atom is 0.191 e. The summed E-state index contributed by atoms with van der Waals surface area (Å²) in [5, 5.41) is 8.79. The SMILES string of the molecule is CN=C(NCc1ccc(CN2CCOCC2)cc1)NCc1cccs1.I. The van der Waals surface area contributed by atoms with Crippen molar-refractivity contribution in [3.05, 3.63) is 57.8 Å². The first-order valence-electron chi connectivity index (χ1n) is 8.68. The van der Waals surface area contributed by atoms with E-state index < -0.39 is 0 Å². The van der Waals surface area contributed by atoms with Crippen LogP contribution in [0.25, 0.3) is 0 Å². The van der Waals surface area contributed by atoms with Gasteiger partial charge in [-0.15, -0.1) is 35.3 Å². The number of ether oxygens (including phenoxy) is 1. The number of aliphatic imine (C=N–C) groups is 1. The van der Waals surface area contributed by atoms with Crippen molar-refractivity contribution in [2.75, 3.05) is 33.4 Å². The molecule has 1 aromatic carbocycles. The molecule has 0 spiro atoms. The summed E-state index contributed by atoms with van der Waals surface area (Å²) < 4.78 is 5.40. The van der Waals surface area contributed by atoms with Crippen LogP contribution in [0.4, 0.5) is 0 Å². The van der Waals surface area contributed by atoms with Crippen molar-refractivity contribution >= 4 is 41.3 Å². The molecule has 2 N–H and O–H groups in total. The molecule has 0 saturated carbocycles. The number of halogens is 1.